The minimum Gasteiger partial charge on any atom is -0.383 e. The molecule has 0 saturated carbocycles. The predicted octanol–water partition coefficient (Wildman–Crippen LogP) is 2.27. The van der Waals surface area contributed by atoms with Crippen molar-refractivity contribution in [3.8, 4) is 0 Å². The lowest BCUT2D eigenvalue weighted by Crippen LogP contribution is -2.49. The molecule has 0 bridgehead atoms. The molecule has 3 nitrogen and oxygen atoms in total. The Balaban J connectivity index is 2.28. The molecule has 1 aliphatic heterocycles. The molecule has 1 rings (SSSR count). The highest BCUT2D eigenvalue weighted by molar-refractivity contribution is 4.81. The van der Waals surface area contributed by atoms with E-state index in [4.69, 9.17) is 4.74 Å². The number of hydrogen-bond acceptors (Lipinski definition) is 3. The average Bonchev–Trinajstić information content (AvgIpc) is 2.35. The maximum Gasteiger partial charge on any atom is 0.0587 e. The van der Waals surface area contributed by atoms with E-state index < -0.39 is 0 Å². The largest absolute Gasteiger partial charge is 0.383 e. The number of ether oxygens (including phenoxy) is 1. The quantitative estimate of drug-likeness (QED) is 0.661. The van der Waals surface area contributed by atoms with E-state index >= 15 is 0 Å². The Morgan fingerprint density at radius 2 is 2.24 bits per heavy atom. The Bertz CT molecular complexity index is 185. The van der Waals surface area contributed by atoms with Crippen molar-refractivity contribution in [1.82, 2.24) is 10.2 Å². The SMILES string of the molecule is CCCC1CCCCN1C(C)CNCCOC. The molecule has 0 radical (unpaired) electrons. The highest BCUT2D eigenvalue weighted by Gasteiger charge is 2.25. The van der Waals surface area contributed by atoms with Gasteiger partial charge in [-0.2, -0.15) is 0 Å². The van der Waals surface area contributed by atoms with Crippen molar-refractivity contribution < 1.29 is 4.74 Å². The van der Waals surface area contributed by atoms with Crippen molar-refractivity contribution in [1.29, 1.82) is 0 Å². The van der Waals surface area contributed by atoms with E-state index in [1.807, 2.05) is 0 Å². The van der Waals surface area contributed by atoms with Crippen LogP contribution in [0.15, 0.2) is 0 Å². The van der Waals surface area contributed by atoms with E-state index in [0.717, 1.165) is 25.7 Å². The molecular weight excluding hydrogens is 212 g/mol. The standard InChI is InChI=1S/C14H30N2O/c1-4-7-14-8-5-6-10-16(14)13(2)12-15-9-11-17-3/h13-15H,4-12H2,1-3H3. The molecule has 1 saturated heterocycles. The molecule has 2 atom stereocenters. The van der Waals surface area contributed by atoms with E-state index in [-0.39, 0.29) is 0 Å². The Morgan fingerprint density at radius 1 is 1.41 bits per heavy atom. The zero-order valence-electron chi connectivity index (χ0n) is 11.9. The summed E-state index contributed by atoms with van der Waals surface area (Å²) in [7, 11) is 1.76. The topological polar surface area (TPSA) is 24.5 Å². The van der Waals surface area contributed by atoms with Crippen LogP contribution in [0.25, 0.3) is 0 Å². The number of piperidine rings is 1. The Labute approximate surface area is 107 Å². The van der Waals surface area contributed by atoms with E-state index in [1.165, 1.54) is 38.6 Å². The third-order valence-corrected chi connectivity index (χ3v) is 3.78. The van der Waals surface area contributed by atoms with E-state index in [9.17, 15) is 0 Å². The van der Waals surface area contributed by atoms with Crippen LogP contribution >= 0.6 is 0 Å². The first kappa shape index (κ1) is 14.9. The van der Waals surface area contributed by atoms with Crippen molar-refractivity contribution in [2.75, 3.05) is 33.4 Å². The smallest absolute Gasteiger partial charge is 0.0587 e. The lowest BCUT2D eigenvalue weighted by Gasteiger charge is -2.40. The molecule has 2 unspecified atom stereocenters. The number of methoxy groups -OCH3 is 1. The second kappa shape index (κ2) is 8.90. The molecule has 0 aromatic heterocycles. The maximum atomic E-state index is 5.05. The minimum absolute atomic E-state index is 0.656. The second-order valence-electron chi connectivity index (χ2n) is 5.22. The summed E-state index contributed by atoms with van der Waals surface area (Å²) in [5, 5.41) is 3.48. The van der Waals surface area contributed by atoms with Crippen molar-refractivity contribution in [2.24, 2.45) is 0 Å². The van der Waals surface area contributed by atoms with Gasteiger partial charge in [0, 0.05) is 32.3 Å². The molecule has 102 valence electrons. The van der Waals surface area contributed by atoms with Crippen LogP contribution in [-0.2, 0) is 4.74 Å². The van der Waals surface area contributed by atoms with E-state index in [0.29, 0.717) is 6.04 Å². The third-order valence-electron chi connectivity index (χ3n) is 3.78. The molecular formula is C14H30N2O. The van der Waals surface area contributed by atoms with Crippen LogP contribution in [0, 0.1) is 0 Å². The first-order valence-electron chi connectivity index (χ1n) is 7.25. The molecule has 3 heteroatoms. The fraction of sp³-hybridized carbons (Fsp3) is 1.00. The summed E-state index contributed by atoms with van der Waals surface area (Å²) in [5.74, 6) is 0. The zero-order valence-corrected chi connectivity index (χ0v) is 11.9. The van der Waals surface area contributed by atoms with Gasteiger partial charge in [0.15, 0.2) is 0 Å². The van der Waals surface area contributed by atoms with Gasteiger partial charge in [0.2, 0.25) is 0 Å². The van der Waals surface area contributed by atoms with Gasteiger partial charge in [-0.1, -0.05) is 19.8 Å². The van der Waals surface area contributed by atoms with Gasteiger partial charge in [0.1, 0.15) is 0 Å². The van der Waals surface area contributed by atoms with E-state index in [1.54, 1.807) is 7.11 Å². The van der Waals surface area contributed by atoms with Crippen LogP contribution in [0.1, 0.15) is 46.0 Å². The number of nitrogens with one attached hydrogen (secondary N) is 1. The van der Waals surface area contributed by atoms with Crippen molar-refractivity contribution in [2.45, 2.75) is 58.0 Å². The number of rotatable bonds is 8. The fourth-order valence-electron chi connectivity index (χ4n) is 2.85. The summed E-state index contributed by atoms with van der Waals surface area (Å²) in [6, 6.07) is 1.48. The normalized spacial score (nSPS) is 23.8. The number of hydrogen-bond donors (Lipinski definition) is 1. The molecule has 17 heavy (non-hydrogen) atoms. The summed E-state index contributed by atoms with van der Waals surface area (Å²) in [4.78, 5) is 2.72. The summed E-state index contributed by atoms with van der Waals surface area (Å²) in [6.07, 6.45) is 6.87. The predicted molar refractivity (Wildman–Crippen MR) is 73.5 cm³/mol. The van der Waals surface area contributed by atoms with Crippen LogP contribution in [0.3, 0.4) is 0 Å². The lowest BCUT2D eigenvalue weighted by atomic mass is 9.96. The lowest BCUT2D eigenvalue weighted by molar-refractivity contribution is 0.0941. The minimum atomic E-state index is 0.656. The number of likely N-dealkylation sites (tertiary alicyclic amines) is 1. The van der Waals surface area contributed by atoms with E-state index in [2.05, 4.69) is 24.1 Å². The monoisotopic (exact) mass is 242 g/mol. The third kappa shape index (κ3) is 5.36. The highest BCUT2D eigenvalue weighted by Crippen LogP contribution is 2.22. The Hall–Kier alpha value is -0.120. The van der Waals surface area contributed by atoms with Gasteiger partial charge >= 0.3 is 0 Å². The zero-order chi connectivity index (χ0) is 12.5. The molecule has 1 aliphatic rings. The highest BCUT2D eigenvalue weighted by atomic mass is 16.5. The summed E-state index contributed by atoms with van der Waals surface area (Å²) in [6.45, 7) is 8.81. The first-order chi connectivity index (χ1) is 8.29. The second-order valence-corrected chi connectivity index (χ2v) is 5.22. The van der Waals surface area contributed by atoms with Crippen molar-refractivity contribution in [3.05, 3.63) is 0 Å². The van der Waals surface area contributed by atoms with Gasteiger partial charge in [-0.3, -0.25) is 4.90 Å². The van der Waals surface area contributed by atoms with Gasteiger partial charge in [0.25, 0.3) is 0 Å². The van der Waals surface area contributed by atoms with Crippen molar-refractivity contribution >= 4 is 0 Å². The van der Waals surface area contributed by atoms with Crippen LogP contribution in [0.5, 0.6) is 0 Å². The molecule has 1 fully saturated rings. The average molecular weight is 242 g/mol. The Kier molecular flexibility index (Phi) is 7.82. The summed E-state index contributed by atoms with van der Waals surface area (Å²) in [5.41, 5.74) is 0. The first-order valence-corrected chi connectivity index (χ1v) is 7.25. The van der Waals surface area contributed by atoms with Crippen LogP contribution in [0.2, 0.25) is 0 Å². The molecule has 0 aliphatic carbocycles. The maximum absolute atomic E-state index is 5.05. The van der Waals surface area contributed by atoms with Gasteiger partial charge in [-0.15, -0.1) is 0 Å². The van der Waals surface area contributed by atoms with Gasteiger partial charge < -0.3 is 10.1 Å². The molecule has 1 heterocycles. The summed E-state index contributed by atoms with van der Waals surface area (Å²) < 4.78 is 5.05. The van der Waals surface area contributed by atoms with Gasteiger partial charge in [-0.05, 0) is 32.7 Å². The molecule has 0 aromatic carbocycles. The van der Waals surface area contributed by atoms with Crippen molar-refractivity contribution in [3.63, 3.8) is 0 Å². The molecule has 1 N–H and O–H groups in total. The summed E-state index contributed by atoms with van der Waals surface area (Å²) >= 11 is 0. The van der Waals surface area contributed by atoms with Crippen LogP contribution in [0.4, 0.5) is 0 Å². The molecule has 0 amide bonds. The molecule has 0 spiro atoms. The van der Waals surface area contributed by atoms with Gasteiger partial charge in [0.05, 0.1) is 6.61 Å². The Morgan fingerprint density at radius 3 is 2.94 bits per heavy atom. The van der Waals surface area contributed by atoms with Gasteiger partial charge in [-0.25, -0.2) is 0 Å². The molecule has 0 aromatic rings. The van der Waals surface area contributed by atoms with Crippen LogP contribution < -0.4 is 5.32 Å². The number of nitrogens with zero attached hydrogens (tertiary/aromatic N) is 1. The van der Waals surface area contributed by atoms with Crippen LogP contribution in [-0.4, -0.2) is 50.3 Å². The fourth-order valence-corrected chi connectivity index (χ4v) is 2.85.